The van der Waals surface area contributed by atoms with Gasteiger partial charge in [0.25, 0.3) is 0 Å². The van der Waals surface area contributed by atoms with Gasteiger partial charge in [-0.2, -0.15) is 0 Å². The number of hydrogen-bond acceptors (Lipinski definition) is 2. The molecule has 0 bridgehead atoms. The van der Waals surface area contributed by atoms with Gasteiger partial charge in [0.1, 0.15) is 5.82 Å². The highest BCUT2D eigenvalue weighted by molar-refractivity contribution is 5.74. The summed E-state index contributed by atoms with van der Waals surface area (Å²) in [7, 11) is 2.09. The lowest BCUT2D eigenvalue weighted by molar-refractivity contribution is 0.213. The highest BCUT2D eigenvalue weighted by atomic mass is 19.1. The first kappa shape index (κ1) is 13.8. The minimum Gasteiger partial charge on any atom is -0.335 e. The maximum absolute atomic E-state index is 12.7. The number of nitrogens with one attached hydrogen (secondary N) is 2. The third-order valence-electron chi connectivity index (χ3n) is 3.42. The lowest BCUT2D eigenvalue weighted by Gasteiger charge is -2.29. The lowest BCUT2D eigenvalue weighted by Crippen LogP contribution is -2.46. The van der Waals surface area contributed by atoms with Crippen LogP contribution < -0.4 is 10.6 Å². The van der Waals surface area contributed by atoms with Gasteiger partial charge in [0, 0.05) is 12.6 Å². The number of nitrogens with zero attached hydrogens (tertiary/aromatic N) is 1. The van der Waals surface area contributed by atoms with Crippen molar-refractivity contribution in [3.63, 3.8) is 0 Å². The van der Waals surface area contributed by atoms with E-state index in [2.05, 4.69) is 22.6 Å². The Hall–Kier alpha value is -1.62. The van der Waals surface area contributed by atoms with Crippen LogP contribution in [-0.2, 0) is 6.54 Å². The second kappa shape index (κ2) is 6.52. The molecule has 0 unspecified atom stereocenters. The smallest absolute Gasteiger partial charge is 0.315 e. The Morgan fingerprint density at radius 3 is 2.58 bits per heavy atom. The van der Waals surface area contributed by atoms with E-state index < -0.39 is 0 Å². The third-order valence-corrected chi connectivity index (χ3v) is 3.42. The van der Waals surface area contributed by atoms with Crippen molar-refractivity contribution in [3.05, 3.63) is 35.6 Å². The molecule has 1 saturated heterocycles. The van der Waals surface area contributed by atoms with E-state index in [0.717, 1.165) is 31.5 Å². The normalized spacial score (nSPS) is 17.2. The molecular formula is C14H20FN3O. The number of likely N-dealkylation sites (tertiary alicyclic amines) is 1. The number of carbonyl (C=O) groups excluding carboxylic acids is 1. The molecule has 5 heteroatoms. The molecule has 0 aliphatic carbocycles. The highest BCUT2D eigenvalue weighted by Gasteiger charge is 2.17. The van der Waals surface area contributed by atoms with Crippen LogP contribution in [0.5, 0.6) is 0 Å². The third kappa shape index (κ3) is 4.52. The molecule has 2 N–H and O–H groups in total. The van der Waals surface area contributed by atoms with Gasteiger partial charge >= 0.3 is 6.03 Å². The monoisotopic (exact) mass is 265 g/mol. The van der Waals surface area contributed by atoms with E-state index in [1.165, 1.54) is 12.1 Å². The van der Waals surface area contributed by atoms with Crippen molar-refractivity contribution >= 4 is 6.03 Å². The first-order valence-corrected chi connectivity index (χ1v) is 6.61. The number of urea groups is 1. The van der Waals surface area contributed by atoms with Gasteiger partial charge in [0.05, 0.1) is 0 Å². The van der Waals surface area contributed by atoms with Crippen molar-refractivity contribution in [1.29, 1.82) is 0 Å². The van der Waals surface area contributed by atoms with E-state index in [0.29, 0.717) is 6.54 Å². The van der Waals surface area contributed by atoms with E-state index in [1.54, 1.807) is 12.1 Å². The van der Waals surface area contributed by atoms with E-state index in [4.69, 9.17) is 0 Å². The topological polar surface area (TPSA) is 44.4 Å². The molecule has 0 atom stereocenters. The number of benzene rings is 1. The molecule has 1 aliphatic heterocycles. The summed E-state index contributed by atoms with van der Waals surface area (Å²) in [5.74, 6) is -0.264. The van der Waals surface area contributed by atoms with Gasteiger partial charge in [-0.25, -0.2) is 9.18 Å². The summed E-state index contributed by atoms with van der Waals surface area (Å²) >= 11 is 0. The standard InChI is InChI=1S/C14H20FN3O/c1-18-8-6-13(7-9-18)17-14(19)16-10-11-2-4-12(15)5-3-11/h2-5,13H,6-10H2,1H3,(H2,16,17,19). The Bertz CT molecular complexity index is 413. The molecule has 0 radical (unpaired) electrons. The second-order valence-corrected chi connectivity index (χ2v) is 5.03. The maximum Gasteiger partial charge on any atom is 0.315 e. The van der Waals surface area contributed by atoms with Gasteiger partial charge in [0.2, 0.25) is 0 Å². The van der Waals surface area contributed by atoms with Crippen molar-refractivity contribution in [2.45, 2.75) is 25.4 Å². The van der Waals surface area contributed by atoms with Gasteiger partial charge in [-0.1, -0.05) is 12.1 Å². The van der Waals surface area contributed by atoms with Crippen LogP contribution in [0.1, 0.15) is 18.4 Å². The number of rotatable bonds is 3. The molecule has 4 nitrogen and oxygen atoms in total. The molecular weight excluding hydrogens is 245 g/mol. The summed E-state index contributed by atoms with van der Waals surface area (Å²) in [4.78, 5) is 14.0. The highest BCUT2D eigenvalue weighted by Crippen LogP contribution is 2.08. The van der Waals surface area contributed by atoms with Gasteiger partial charge < -0.3 is 15.5 Å². The molecule has 2 amide bonds. The van der Waals surface area contributed by atoms with Crippen LogP contribution in [-0.4, -0.2) is 37.1 Å². The van der Waals surface area contributed by atoms with E-state index in [9.17, 15) is 9.18 Å². The Kier molecular flexibility index (Phi) is 4.74. The molecule has 0 spiro atoms. The van der Waals surface area contributed by atoms with E-state index in [-0.39, 0.29) is 17.9 Å². The van der Waals surface area contributed by atoms with Crippen molar-refractivity contribution in [2.24, 2.45) is 0 Å². The largest absolute Gasteiger partial charge is 0.335 e. The minimum absolute atomic E-state index is 0.154. The summed E-state index contributed by atoms with van der Waals surface area (Å²) in [6.45, 7) is 2.45. The Balaban J connectivity index is 1.71. The van der Waals surface area contributed by atoms with Gasteiger partial charge in [-0.05, 0) is 50.7 Å². The fourth-order valence-electron chi connectivity index (χ4n) is 2.17. The summed E-state index contributed by atoms with van der Waals surface area (Å²) in [6, 6.07) is 6.23. The van der Waals surface area contributed by atoms with Crippen LogP contribution in [0.25, 0.3) is 0 Å². The number of halogens is 1. The Morgan fingerprint density at radius 2 is 1.95 bits per heavy atom. The average molecular weight is 265 g/mol. The molecule has 0 aromatic heterocycles. The maximum atomic E-state index is 12.7. The first-order valence-electron chi connectivity index (χ1n) is 6.61. The van der Waals surface area contributed by atoms with Crippen molar-refractivity contribution in [2.75, 3.05) is 20.1 Å². The van der Waals surface area contributed by atoms with Crippen molar-refractivity contribution in [1.82, 2.24) is 15.5 Å². The molecule has 0 saturated carbocycles. The summed E-state index contributed by atoms with van der Waals surface area (Å²) in [6.07, 6.45) is 1.97. The molecule has 1 aromatic rings. The van der Waals surface area contributed by atoms with Crippen LogP contribution >= 0.6 is 0 Å². The second-order valence-electron chi connectivity index (χ2n) is 5.03. The summed E-state index contributed by atoms with van der Waals surface area (Å²) < 4.78 is 12.7. The zero-order chi connectivity index (χ0) is 13.7. The molecule has 1 aliphatic rings. The minimum atomic E-state index is -0.264. The van der Waals surface area contributed by atoms with Crippen LogP contribution in [0.15, 0.2) is 24.3 Å². The number of amides is 2. The van der Waals surface area contributed by atoms with Crippen LogP contribution in [0.4, 0.5) is 9.18 Å². The molecule has 19 heavy (non-hydrogen) atoms. The van der Waals surface area contributed by atoms with E-state index in [1.807, 2.05) is 0 Å². The fraction of sp³-hybridized carbons (Fsp3) is 0.500. The summed E-state index contributed by atoms with van der Waals surface area (Å²) in [5, 5.41) is 5.76. The quantitative estimate of drug-likeness (QED) is 0.874. The molecule has 1 heterocycles. The lowest BCUT2D eigenvalue weighted by atomic mass is 10.1. The Morgan fingerprint density at radius 1 is 1.32 bits per heavy atom. The van der Waals surface area contributed by atoms with Gasteiger partial charge in [0.15, 0.2) is 0 Å². The number of hydrogen-bond donors (Lipinski definition) is 2. The van der Waals surface area contributed by atoms with Crippen molar-refractivity contribution in [3.8, 4) is 0 Å². The average Bonchev–Trinajstić information content (AvgIpc) is 2.41. The molecule has 1 fully saturated rings. The van der Waals surface area contributed by atoms with Crippen molar-refractivity contribution < 1.29 is 9.18 Å². The van der Waals surface area contributed by atoms with Gasteiger partial charge in [-0.3, -0.25) is 0 Å². The zero-order valence-corrected chi connectivity index (χ0v) is 11.2. The fourth-order valence-corrected chi connectivity index (χ4v) is 2.17. The van der Waals surface area contributed by atoms with Crippen LogP contribution in [0, 0.1) is 5.82 Å². The molecule has 104 valence electrons. The zero-order valence-electron chi connectivity index (χ0n) is 11.2. The predicted molar refractivity (Wildman–Crippen MR) is 72.3 cm³/mol. The Labute approximate surface area is 113 Å². The van der Waals surface area contributed by atoms with Crippen LogP contribution in [0.3, 0.4) is 0 Å². The molecule has 2 rings (SSSR count). The number of carbonyl (C=O) groups is 1. The number of piperidine rings is 1. The summed E-state index contributed by atoms with van der Waals surface area (Å²) in [5.41, 5.74) is 0.889. The predicted octanol–water partition coefficient (Wildman–Crippen LogP) is 1.72. The first-order chi connectivity index (χ1) is 9.13. The van der Waals surface area contributed by atoms with Gasteiger partial charge in [-0.15, -0.1) is 0 Å². The SMILES string of the molecule is CN1CCC(NC(=O)NCc2ccc(F)cc2)CC1. The van der Waals surface area contributed by atoms with E-state index >= 15 is 0 Å². The molecule has 1 aromatic carbocycles. The van der Waals surface area contributed by atoms with Crippen LogP contribution in [0.2, 0.25) is 0 Å².